The van der Waals surface area contributed by atoms with E-state index in [4.69, 9.17) is 9.84 Å². The molecule has 0 bridgehead atoms. The minimum absolute atomic E-state index is 0.0434. The van der Waals surface area contributed by atoms with E-state index >= 15 is 0 Å². The number of carboxylic acid groups (broad SMARTS) is 1. The Morgan fingerprint density at radius 1 is 1.56 bits per heavy atom. The number of benzene rings is 1. The second-order valence-corrected chi connectivity index (χ2v) is 4.18. The molecule has 1 saturated heterocycles. The van der Waals surface area contributed by atoms with Crippen molar-refractivity contribution in [3.05, 3.63) is 29.8 Å². The second-order valence-electron chi connectivity index (χ2n) is 4.18. The van der Waals surface area contributed by atoms with Crippen molar-refractivity contribution in [1.82, 2.24) is 4.90 Å². The van der Waals surface area contributed by atoms with Crippen LogP contribution in [0.4, 0.5) is 0 Å². The van der Waals surface area contributed by atoms with Gasteiger partial charge in [-0.15, -0.1) is 0 Å². The van der Waals surface area contributed by atoms with Crippen molar-refractivity contribution in [3.63, 3.8) is 0 Å². The van der Waals surface area contributed by atoms with Crippen molar-refractivity contribution >= 4 is 5.97 Å². The predicted molar refractivity (Wildman–Crippen MR) is 59.7 cm³/mol. The lowest BCUT2D eigenvalue weighted by Gasteiger charge is -2.36. The molecule has 1 aromatic carbocycles. The topological polar surface area (TPSA) is 49.8 Å². The Labute approximate surface area is 94.4 Å². The number of ether oxygens (including phenoxy) is 1. The number of nitrogens with zero attached hydrogens (tertiary/aromatic N) is 1. The van der Waals surface area contributed by atoms with Gasteiger partial charge in [-0.2, -0.15) is 0 Å². The SMILES string of the molecule is CN1CC(Oc2cccc(CC(=O)O)c2)C1. The van der Waals surface area contributed by atoms with E-state index in [1.54, 1.807) is 12.1 Å². The molecular formula is C12H15NO3. The Bertz CT molecular complexity index is 386. The van der Waals surface area contributed by atoms with Crippen LogP contribution in [0.1, 0.15) is 5.56 Å². The molecule has 16 heavy (non-hydrogen) atoms. The van der Waals surface area contributed by atoms with Gasteiger partial charge in [-0.1, -0.05) is 12.1 Å². The van der Waals surface area contributed by atoms with Crippen LogP contribution in [0.2, 0.25) is 0 Å². The van der Waals surface area contributed by atoms with E-state index in [0.29, 0.717) is 0 Å². The van der Waals surface area contributed by atoms with Crippen molar-refractivity contribution in [3.8, 4) is 5.75 Å². The van der Waals surface area contributed by atoms with Crippen LogP contribution in [-0.4, -0.2) is 42.2 Å². The van der Waals surface area contributed by atoms with Gasteiger partial charge in [0, 0.05) is 13.1 Å². The number of likely N-dealkylation sites (N-methyl/N-ethyl adjacent to an activating group) is 1. The first kappa shape index (κ1) is 11.0. The number of rotatable bonds is 4. The van der Waals surface area contributed by atoms with E-state index in [1.165, 1.54) is 0 Å². The fraction of sp³-hybridized carbons (Fsp3) is 0.417. The minimum Gasteiger partial charge on any atom is -0.488 e. The van der Waals surface area contributed by atoms with Gasteiger partial charge in [-0.3, -0.25) is 9.69 Å². The summed E-state index contributed by atoms with van der Waals surface area (Å²) in [5, 5.41) is 8.68. The predicted octanol–water partition coefficient (Wildman–Crippen LogP) is 1.01. The Morgan fingerprint density at radius 2 is 2.31 bits per heavy atom. The maximum atomic E-state index is 10.6. The summed E-state index contributed by atoms with van der Waals surface area (Å²) in [6.45, 7) is 1.87. The molecule has 0 spiro atoms. The average molecular weight is 221 g/mol. The van der Waals surface area contributed by atoms with Crippen molar-refractivity contribution in [2.75, 3.05) is 20.1 Å². The second kappa shape index (κ2) is 4.53. The standard InChI is InChI=1S/C12H15NO3/c1-13-7-11(8-13)16-10-4-2-3-9(5-10)6-12(14)15/h2-5,11H,6-8H2,1H3,(H,14,15). The van der Waals surface area contributed by atoms with E-state index in [0.717, 1.165) is 24.4 Å². The van der Waals surface area contributed by atoms with Gasteiger partial charge in [0.15, 0.2) is 0 Å². The molecule has 1 N–H and O–H groups in total. The fourth-order valence-corrected chi connectivity index (χ4v) is 1.81. The van der Waals surface area contributed by atoms with Gasteiger partial charge in [0.2, 0.25) is 0 Å². The fourth-order valence-electron chi connectivity index (χ4n) is 1.81. The Morgan fingerprint density at radius 3 is 2.94 bits per heavy atom. The third-order valence-corrected chi connectivity index (χ3v) is 2.59. The van der Waals surface area contributed by atoms with Gasteiger partial charge < -0.3 is 9.84 Å². The first-order chi connectivity index (χ1) is 7.63. The molecule has 0 amide bonds. The number of hydrogen-bond donors (Lipinski definition) is 1. The van der Waals surface area contributed by atoms with E-state index in [-0.39, 0.29) is 12.5 Å². The minimum atomic E-state index is -0.819. The third-order valence-electron chi connectivity index (χ3n) is 2.59. The molecule has 0 atom stereocenters. The highest BCUT2D eigenvalue weighted by molar-refractivity contribution is 5.70. The lowest BCUT2D eigenvalue weighted by atomic mass is 10.1. The monoisotopic (exact) mass is 221 g/mol. The summed E-state index contributed by atoms with van der Waals surface area (Å²) in [5.74, 6) is -0.0580. The molecule has 4 heteroatoms. The molecule has 1 aromatic rings. The van der Waals surface area contributed by atoms with Crippen LogP contribution in [0, 0.1) is 0 Å². The van der Waals surface area contributed by atoms with Crippen molar-refractivity contribution in [2.24, 2.45) is 0 Å². The Hall–Kier alpha value is -1.55. The van der Waals surface area contributed by atoms with Crippen molar-refractivity contribution < 1.29 is 14.6 Å². The zero-order valence-corrected chi connectivity index (χ0v) is 9.22. The molecule has 0 unspecified atom stereocenters. The number of aliphatic carboxylic acids is 1. The summed E-state index contributed by atoms with van der Waals surface area (Å²) in [6, 6.07) is 7.29. The van der Waals surface area contributed by atoms with Gasteiger partial charge in [0.05, 0.1) is 6.42 Å². The largest absolute Gasteiger partial charge is 0.488 e. The molecule has 0 saturated carbocycles. The van der Waals surface area contributed by atoms with Crippen LogP contribution in [0.15, 0.2) is 24.3 Å². The van der Waals surface area contributed by atoms with Crippen LogP contribution >= 0.6 is 0 Å². The van der Waals surface area contributed by atoms with Crippen molar-refractivity contribution in [2.45, 2.75) is 12.5 Å². The summed E-state index contributed by atoms with van der Waals surface area (Å²) in [4.78, 5) is 12.7. The quantitative estimate of drug-likeness (QED) is 0.824. The maximum Gasteiger partial charge on any atom is 0.307 e. The Kier molecular flexibility index (Phi) is 3.10. The lowest BCUT2D eigenvalue weighted by Crippen LogP contribution is -2.51. The molecule has 4 nitrogen and oxygen atoms in total. The van der Waals surface area contributed by atoms with Crippen molar-refractivity contribution in [1.29, 1.82) is 0 Å². The average Bonchev–Trinajstić information content (AvgIpc) is 2.15. The van der Waals surface area contributed by atoms with Gasteiger partial charge in [-0.25, -0.2) is 0 Å². The number of hydrogen-bond acceptors (Lipinski definition) is 3. The summed E-state index contributed by atoms with van der Waals surface area (Å²) < 4.78 is 5.71. The van der Waals surface area contributed by atoms with E-state index in [9.17, 15) is 4.79 Å². The van der Waals surface area contributed by atoms with Crippen LogP contribution < -0.4 is 4.74 Å². The molecule has 0 aromatic heterocycles. The van der Waals surface area contributed by atoms with Crippen LogP contribution in [0.5, 0.6) is 5.75 Å². The zero-order chi connectivity index (χ0) is 11.5. The highest BCUT2D eigenvalue weighted by atomic mass is 16.5. The highest BCUT2D eigenvalue weighted by Crippen LogP contribution is 2.18. The lowest BCUT2D eigenvalue weighted by molar-refractivity contribution is -0.136. The molecule has 0 radical (unpaired) electrons. The van der Waals surface area contributed by atoms with E-state index < -0.39 is 5.97 Å². The van der Waals surface area contributed by atoms with Gasteiger partial charge in [0.25, 0.3) is 0 Å². The molecular weight excluding hydrogens is 206 g/mol. The molecule has 1 fully saturated rings. The zero-order valence-electron chi connectivity index (χ0n) is 9.22. The number of carboxylic acids is 1. The first-order valence-electron chi connectivity index (χ1n) is 5.29. The van der Waals surface area contributed by atoms with E-state index in [2.05, 4.69) is 4.90 Å². The molecule has 0 aliphatic carbocycles. The summed E-state index contributed by atoms with van der Waals surface area (Å²) in [5.41, 5.74) is 0.776. The third kappa shape index (κ3) is 2.73. The maximum absolute atomic E-state index is 10.6. The molecule has 1 aliphatic heterocycles. The normalized spacial score (nSPS) is 16.8. The Balaban J connectivity index is 1.96. The summed E-state index contributed by atoms with van der Waals surface area (Å²) >= 11 is 0. The van der Waals surface area contributed by atoms with Crippen LogP contribution in [0.3, 0.4) is 0 Å². The molecule has 86 valence electrons. The van der Waals surface area contributed by atoms with Gasteiger partial charge in [0.1, 0.15) is 11.9 Å². The molecule has 2 rings (SSSR count). The van der Waals surface area contributed by atoms with Gasteiger partial charge >= 0.3 is 5.97 Å². The summed E-state index contributed by atoms with van der Waals surface area (Å²) in [7, 11) is 2.04. The molecule has 1 heterocycles. The first-order valence-corrected chi connectivity index (χ1v) is 5.29. The summed E-state index contributed by atoms with van der Waals surface area (Å²) in [6.07, 6.45) is 0.284. The number of likely N-dealkylation sites (tertiary alicyclic amines) is 1. The smallest absolute Gasteiger partial charge is 0.307 e. The van der Waals surface area contributed by atoms with Crippen LogP contribution in [0.25, 0.3) is 0 Å². The highest BCUT2D eigenvalue weighted by Gasteiger charge is 2.24. The van der Waals surface area contributed by atoms with Gasteiger partial charge in [-0.05, 0) is 24.7 Å². The molecule has 1 aliphatic rings. The van der Waals surface area contributed by atoms with Crippen LogP contribution in [-0.2, 0) is 11.2 Å². The number of carbonyl (C=O) groups is 1. The van der Waals surface area contributed by atoms with E-state index in [1.807, 2.05) is 19.2 Å².